The van der Waals surface area contributed by atoms with Gasteiger partial charge in [-0.3, -0.25) is 0 Å². The van der Waals surface area contributed by atoms with Crippen LogP contribution in [0.25, 0.3) is 11.1 Å². The number of nitrogens with zero attached hydrogens (tertiary/aromatic N) is 1. The summed E-state index contributed by atoms with van der Waals surface area (Å²) < 4.78 is 5.97. The van der Waals surface area contributed by atoms with Gasteiger partial charge in [0.1, 0.15) is 12.4 Å². The molecule has 0 aromatic heterocycles. The summed E-state index contributed by atoms with van der Waals surface area (Å²) >= 11 is 6.47. The first kappa shape index (κ1) is 22.1. The fourth-order valence-corrected chi connectivity index (χ4v) is 3.89. The van der Waals surface area contributed by atoms with Crippen molar-refractivity contribution in [2.75, 3.05) is 32.1 Å². The molecule has 30 heavy (non-hydrogen) atoms. The van der Waals surface area contributed by atoms with Gasteiger partial charge in [-0.1, -0.05) is 86.6 Å². The van der Waals surface area contributed by atoms with Gasteiger partial charge in [-0.15, -0.1) is 11.6 Å². The van der Waals surface area contributed by atoms with Crippen molar-refractivity contribution in [1.29, 1.82) is 0 Å². The highest BCUT2D eigenvalue weighted by atomic mass is 35.5. The molecule has 0 atom stereocenters. The van der Waals surface area contributed by atoms with E-state index < -0.39 is 0 Å². The number of halogens is 1. The van der Waals surface area contributed by atoms with Gasteiger partial charge >= 0.3 is 0 Å². The maximum absolute atomic E-state index is 6.47. The fourth-order valence-electron chi connectivity index (χ4n) is 3.60. The minimum absolute atomic E-state index is 0.441. The van der Waals surface area contributed by atoms with E-state index in [0.717, 1.165) is 53.2 Å². The lowest BCUT2D eigenvalue weighted by Crippen LogP contribution is -2.27. The summed E-state index contributed by atoms with van der Waals surface area (Å²) in [5.41, 5.74) is 5.72. The van der Waals surface area contributed by atoms with Crippen LogP contribution in [0.5, 0.6) is 5.75 Å². The van der Waals surface area contributed by atoms with Crippen LogP contribution in [0, 0.1) is 0 Å². The quantitative estimate of drug-likeness (QED) is 0.271. The molecule has 0 saturated heterocycles. The van der Waals surface area contributed by atoms with Gasteiger partial charge in [0, 0.05) is 12.4 Å². The van der Waals surface area contributed by atoms with E-state index in [1.807, 2.05) is 12.1 Å². The molecule has 3 heteroatoms. The Labute approximate surface area is 185 Å². The van der Waals surface area contributed by atoms with Crippen LogP contribution in [0.1, 0.15) is 30.5 Å². The van der Waals surface area contributed by atoms with Crippen molar-refractivity contribution in [3.63, 3.8) is 0 Å². The van der Waals surface area contributed by atoms with Crippen LogP contribution in [0.3, 0.4) is 0 Å². The van der Waals surface area contributed by atoms with Gasteiger partial charge in [-0.2, -0.15) is 0 Å². The summed E-state index contributed by atoms with van der Waals surface area (Å²) in [5.74, 6) is 1.33. The van der Waals surface area contributed by atoms with Crippen molar-refractivity contribution in [2.45, 2.75) is 13.8 Å². The maximum atomic E-state index is 6.47. The monoisotopic (exact) mass is 419 g/mol. The molecule has 3 rings (SSSR count). The zero-order valence-electron chi connectivity index (χ0n) is 17.9. The topological polar surface area (TPSA) is 12.5 Å². The van der Waals surface area contributed by atoms with E-state index in [0.29, 0.717) is 12.5 Å². The SMILES string of the molecule is CCN(CC)CCOc1ccc(C(=C(CCl)c2ccccc2)c2ccccc2)cc1. The molecule has 0 spiro atoms. The van der Waals surface area contributed by atoms with Gasteiger partial charge < -0.3 is 9.64 Å². The molecule has 0 aliphatic heterocycles. The second kappa shape index (κ2) is 11.6. The second-order valence-electron chi connectivity index (χ2n) is 7.12. The lowest BCUT2D eigenvalue weighted by Gasteiger charge is -2.18. The molecule has 0 aliphatic rings. The number of allylic oxidation sites excluding steroid dienone is 1. The van der Waals surface area contributed by atoms with E-state index in [2.05, 4.69) is 91.5 Å². The molecule has 0 N–H and O–H groups in total. The third-order valence-electron chi connectivity index (χ3n) is 5.33. The zero-order valence-corrected chi connectivity index (χ0v) is 18.6. The highest BCUT2D eigenvalue weighted by Crippen LogP contribution is 2.33. The van der Waals surface area contributed by atoms with Crippen molar-refractivity contribution in [3.8, 4) is 5.75 Å². The van der Waals surface area contributed by atoms with Crippen LogP contribution in [0.2, 0.25) is 0 Å². The Balaban J connectivity index is 1.91. The van der Waals surface area contributed by atoms with Crippen LogP contribution in [-0.2, 0) is 0 Å². The third kappa shape index (κ3) is 5.75. The number of benzene rings is 3. The van der Waals surface area contributed by atoms with Gasteiger partial charge in [-0.25, -0.2) is 0 Å². The van der Waals surface area contributed by atoms with E-state index in [4.69, 9.17) is 16.3 Å². The van der Waals surface area contributed by atoms with Crippen molar-refractivity contribution >= 4 is 22.7 Å². The Morgan fingerprint density at radius 2 is 1.27 bits per heavy atom. The first-order chi connectivity index (χ1) is 14.8. The highest BCUT2D eigenvalue weighted by Gasteiger charge is 2.13. The summed E-state index contributed by atoms with van der Waals surface area (Å²) in [7, 11) is 0. The summed E-state index contributed by atoms with van der Waals surface area (Å²) in [5, 5.41) is 0. The van der Waals surface area contributed by atoms with Gasteiger partial charge in [0.25, 0.3) is 0 Å². The summed E-state index contributed by atoms with van der Waals surface area (Å²) in [6, 6.07) is 29.2. The molecule has 0 radical (unpaired) electrons. The number of rotatable bonds is 10. The summed E-state index contributed by atoms with van der Waals surface area (Å²) in [6.07, 6.45) is 0. The molecule has 2 nitrogen and oxygen atoms in total. The van der Waals surface area contributed by atoms with Gasteiger partial charge in [0.2, 0.25) is 0 Å². The first-order valence-electron chi connectivity index (χ1n) is 10.6. The second-order valence-corrected chi connectivity index (χ2v) is 7.39. The van der Waals surface area contributed by atoms with Crippen LogP contribution >= 0.6 is 11.6 Å². The predicted octanol–water partition coefficient (Wildman–Crippen LogP) is 6.61. The van der Waals surface area contributed by atoms with Gasteiger partial charge in [-0.05, 0) is 53.1 Å². The Bertz CT molecular complexity index is 916. The van der Waals surface area contributed by atoms with E-state index in [9.17, 15) is 0 Å². The number of ether oxygens (including phenoxy) is 1. The van der Waals surface area contributed by atoms with Crippen LogP contribution in [0.4, 0.5) is 0 Å². The minimum Gasteiger partial charge on any atom is -0.492 e. The number of hydrogen-bond donors (Lipinski definition) is 0. The molecule has 3 aromatic rings. The number of likely N-dealkylation sites (N-methyl/N-ethyl adjacent to an activating group) is 1. The standard InChI is InChI=1S/C27H30ClNO/c1-3-29(4-2)19-20-30-25-17-15-24(16-18-25)27(23-13-9-6-10-14-23)26(21-28)22-11-7-5-8-12-22/h5-18H,3-4,19-21H2,1-2H3. The minimum atomic E-state index is 0.441. The van der Waals surface area contributed by atoms with Crippen molar-refractivity contribution in [2.24, 2.45) is 0 Å². The lowest BCUT2D eigenvalue weighted by molar-refractivity contribution is 0.223. The predicted molar refractivity (Wildman–Crippen MR) is 129 cm³/mol. The van der Waals surface area contributed by atoms with E-state index >= 15 is 0 Å². The van der Waals surface area contributed by atoms with E-state index in [1.54, 1.807) is 0 Å². The first-order valence-corrected chi connectivity index (χ1v) is 11.2. The molecule has 0 bridgehead atoms. The Morgan fingerprint density at radius 3 is 1.80 bits per heavy atom. The number of alkyl halides is 1. The molecule has 0 unspecified atom stereocenters. The molecule has 3 aromatic carbocycles. The Morgan fingerprint density at radius 1 is 0.733 bits per heavy atom. The van der Waals surface area contributed by atoms with E-state index in [1.165, 1.54) is 0 Å². The largest absolute Gasteiger partial charge is 0.492 e. The van der Waals surface area contributed by atoms with Crippen molar-refractivity contribution in [1.82, 2.24) is 4.90 Å². The molecule has 0 aliphatic carbocycles. The third-order valence-corrected chi connectivity index (χ3v) is 5.60. The Hall–Kier alpha value is -2.55. The van der Waals surface area contributed by atoms with Crippen molar-refractivity contribution in [3.05, 3.63) is 102 Å². The summed E-state index contributed by atoms with van der Waals surface area (Å²) in [6.45, 7) is 8.08. The van der Waals surface area contributed by atoms with Gasteiger partial charge in [0.05, 0.1) is 0 Å². The van der Waals surface area contributed by atoms with Crippen molar-refractivity contribution < 1.29 is 4.74 Å². The fraction of sp³-hybridized carbons (Fsp3) is 0.259. The van der Waals surface area contributed by atoms with Crippen LogP contribution in [0.15, 0.2) is 84.9 Å². The highest BCUT2D eigenvalue weighted by molar-refractivity contribution is 6.25. The smallest absolute Gasteiger partial charge is 0.119 e. The van der Waals surface area contributed by atoms with Crippen LogP contribution in [-0.4, -0.2) is 37.0 Å². The lowest BCUT2D eigenvalue weighted by atomic mass is 9.90. The van der Waals surface area contributed by atoms with Crippen LogP contribution < -0.4 is 4.74 Å². The normalized spacial score (nSPS) is 12.0. The zero-order chi connectivity index (χ0) is 21.2. The average Bonchev–Trinajstić information content (AvgIpc) is 2.82. The molecular formula is C27H30ClNO. The molecule has 0 saturated carbocycles. The van der Waals surface area contributed by atoms with E-state index in [-0.39, 0.29) is 0 Å². The number of hydrogen-bond acceptors (Lipinski definition) is 2. The molecule has 0 amide bonds. The summed E-state index contributed by atoms with van der Waals surface area (Å²) in [4.78, 5) is 2.36. The Kier molecular flexibility index (Phi) is 8.55. The molecular weight excluding hydrogens is 390 g/mol. The molecule has 0 fully saturated rings. The molecule has 156 valence electrons. The average molecular weight is 420 g/mol. The molecule has 0 heterocycles. The maximum Gasteiger partial charge on any atom is 0.119 e. The van der Waals surface area contributed by atoms with Gasteiger partial charge in [0.15, 0.2) is 0 Å².